The molecule has 3 nitrogen and oxygen atoms in total. The summed E-state index contributed by atoms with van der Waals surface area (Å²) < 4.78 is 1.10. The highest BCUT2D eigenvalue weighted by Gasteiger charge is 2.05. The van der Waals surface area contributed by atoms with Gasteiger partial charge in [0.1, 0.15) is 6.33 Å². The first-order valence-corrected chi connectivity index (χ1v) is 6.29. The predicted molar refractivity (Wildman–Crippen MR) is 71.4 cm³/mol. The van der Waals surface area contributed by atoms with Gasteiger partial charge in [0, 0.05) is 23.3 Å². The number of aromatic nitrogens is 2. The Bertz CT molecular complexity index is 473. The molecule has 1 heterocycles. The molecule has 0 spiro atoms. The van der Waals surface area contributed by atoms with E-state index in [0.29, 0.717) is 6.04 Å². The summed E-state index contributed by atoms with van der Waals surface area (Å²) in [5, 5.41) is 3.43. The van der Waals surface area contributed by atoms with Crippen molar-refractivity contribution in [3.8, 4) is 0 Å². The van der Waals surface area contributed by atoms with E-state index in [9.17, 15) is 0 Å². The zero-order chi connectivity index (χ0) is 12.1. The molecule has 0 bridgehead atoms. The maximum atomic E-state index is 4.18. The van der Waals surface area contributed by atoms with E-state index in [2.05, 4.69) is 50.3 Å². The molecule has 0 aliphatic carbocycles. The topological polar surface area (TPSA) is 37.8 Å². The van der Waals surface area contributed by atoms with Crippen molar-refractivity contribution in [2.45, 2.75) is 19.5 Å². The molecule has 2 aromatic rings. The molecule has 1 aromatic heterocycles. The van der Waals surface area contributed by atoms with Crippen molar-refractivity contribution < 1.29 is 0 Å². The summed E-state index contributed by atoms with van der Waals surface area (Å²) in [7, 11) is 0. The molecule has 0 fully saturated rings. The SMILES string of the molecule is C[C@H](NCc1ccncn1)c1cccc(Br)c1. The Morgan fingerprint density at radius 1 is 1.35 bits per heavy atom. The molecule has 1 atom stereocenters. The van der Waals surface area contributed by atoms with Crippen LogP contribution in [0.15, 0.2) is 47.3 Å². The van der Waals surface area contributed by atoms with Crippen molar-refractivity contribution in [1.82, 2.24) is 15.3 Å². The monoisotopic (exact) mass is 291 g/mol. The molecular formula is C13H14BrN3. The number of nitrogens with zero attached hydrogens (tertiary/aromatic N) is 2. The van der Waals surface area contributed by atoms with E-state index >= 15 is 0 Å². The molecule has 0 unspecified atom stereocenters. The number of rotatable bonds is 4. The van der Waals surface area contributed by atoms with Gasteiger partial charge in [-0.25, -0.2) is 9.97 Å². The molecule has 0 aliphatic heterocycles. The van der Waals surface area contributed by atoms with Gasteiger partial charge in [0.15, 0.2) is 0 Å². The van der Waals surface area contributed by atoms with Crippen molar-refractivity contribution in [3.63, 3.8) is 0 Å². The molecule has 0 amide bonds. The van der Waals surface area contributed by atoms with E-state index in [-0.39, 0.29) is 0 Å². The molecule has 0 saturated heterocycles. The smallest absolute Gasteiger partial charge is 0.115 e. The Labute approximate surface area is 109 Å². The van der Waals surface area contributed by atoms with Crippen LogP contribution in [-0.2, 0) is 6.54 Å². The zero-order valence-corrected chi connectivity index (χ0v) is 11.2. The fourth-order valence-corrected chi connectivity index (χ4v) is 1.99. The van der Waals surface area contributed by atoms with E-state index in [1.807, 2.05) is 18.2 Å². The number of hydrogen-bond acceptors (Lipinski definition) is 3. The third-order valence-corrected chi connectivity index (χ3v) is 3.07. The summed E-state index contributed by atoms with van der Waals surface area (Å²) in [6, 6.07) is 10.5. The van der Waals surface area contributed by atoms with Crippen molar-refractivity contribution >= 4 is 15.9 Å². The Kier molecular flexibility index (Phi) is 4.23. The number of halogens is 1. The van der Waals surface area contributed by atoms with Crippen LogP contribution in [0.4, 0.5) is 0 Å². The molecule has 17 heavy (non-hydrogen) atoms. The predicted octanol–water partition coefficient (Wildman–Crippen LogP) is 3.09. The van der Waals surface area contributed by atoms with Crippen LogP contribution in [0.3, 0.4) is 0 Å². The van der Waals surface area contributed by atoms with Crippen LogP contribution < -0.4 is 5.32 Å². The lowest BCUT2D eigenvalue weighted by Gasteiger charge is -2.14. The first-order valence-electron chi connectivity index (χ1n) is 5.49. The van der Waals surface area contributed by atoms with Gasteiger partial charge in [-0.2, -0.15) is 0 Å². The summed E-state index contributed by atoms with van der Waals surface area (Å²) >= 11 is 3.48. The van der Waals surface area contributed by atoms with Crippen molar-refractivity contribution in [3.05, 3.63) is 58.6 Å². The first-order chi connectivity index (χ1) is 8.25. The van der Waals surface area contributed by atoms with Gasteiger partial charge in [-0.05, 0) is 30.7 Å². The van der Waals surface area contributed by atoms with E-state index in [1.54, 1.807) is 12.5 Å². The maximum absolute atomic E-state index is 4.18. The average molecular weight is 292 g/mol. The second-order valence-electron chi connectivity index (χ2n) is 3.86. The average Bonchev–Trinajstić information content (AvgIpc) is 2.37. The fraction of sp³-hybridized carbons (Fsp3) is 0.231. The van der Waals surface area contributed by atoms with Gasteiger partial charge in [-0.15, -0.1) is 0 Å². The summed E-state index contributed by atoms with van der Waals surface area (Å²) in [4.78, 5) is 8.08. The minimum absolute atomic E-state index is 0.294. The van der Waals surface area contributed by atoms with Crippen LogP contribution in [0, 0.1) is 0 Å². The van der Waals surface area contributed by atoms with E-state index in [1.165, 1.54) is 5.56 Å². The molecule has 88 valence electrons. The highest BCUT2D eigenvalue weighted by molar-refractivity contribution is 9.10. The number of benzene rings is 1. The quantitative estimate of drug-likeness (QED) is 0.941. The van der Waals surface area contributed by atoms with Gasteiger partial charge in [-0.3, -0.25) is 0 Å². The van der Waals surface area contributed by atoms with Gasteiger partial charge in [0.25, 0.3) is 0 Å². The zero-order valence-electron chi connectivity index (χ0n) is 9.60. The molecular weight excluding hydrogens is 278 g/mol. The Morgan fingerprint density at radius 2 is 2.24 bits per heavy atom. The van der Waals surface area contributed by atoms with E-state index in [4.69, 9.17) is 0 Å². The van der Waals surface area contributed by atoms with E-state index in [0.717, 1.165) is 16.7 Å². The minimum Gasteiger partial charge on any atom is -0.305 e. The second-order valence-corrected chi connectivity index (χ2v) is 4.77. The lowest BCUT2D eigenvalue weighted by molar-refractivity contribution is 0.567. The molecule has 2 rings (SSSR count). The highest BCUT2D eigenvalue weighted by Crippen LogP contribution is 2.17. The van der Waals surface area contributed by atoms with Crippen molar-refractivity contribution in [2.24, 2.45) is 0 Å². The Balaban J connectivity index is 1.96. The van der Waals surface area contributed by atoms with Crippen LogP contribution >= 0.6 is 15.9 Å². The first kappa shape index (κ1) is 12.2. The lowest BCUT2D eigenvalue weighted by Crippen LogP contribution is -2.18. The fourth-order valence-electron chi connectivity index (χ4n) is 1.57. The van der Waals surface area contributed by atoms with Crippen molar-refractivity contribution in [2.75, 3.05) is 0 Å². The van der Waals surface area contributed by atoms with Gasteiger partial charge >= 0.3 is 0 Å². The lowest BCUT2D eigenvalue weighted by atomic mass is 10.1. The van der Waals surface area contributed by atoms with Gasteiger partial charge in [0.05, 0.1) is 5.69 Å². The molecule has 0 saturated carbocycles. The normalized spacial score (nSPS) is 12.4. The second kappa shape index (κ2) is 5.89. The van der Waals surface area contributed by atoms with Crippen LogP contribution in [-0.4, -0.2) is 9.97 Å². The highest BCUT2D eigenvalue weighted by atomic mass is 79.9. The van der Waals surface area contributed by atoms with Crippen LogP contribution in [0.5, 0.6) is 0 Å². The van der Waals surface area contributed by atoms with Gasteiger partial charge < -0.3 is 5.32 Å². The van der Waals surface area contributed by atoms with Crippen molar-refractivity contribution in [1.29, 1.82) is 0 Å². The summed E-state index contributed by atoms with van der Waals surface area (Å²) in [6.07, 6.45) is 3.33. The summed E-state index contributed by atoms with van der Waals surface area (Å²) in [6.45, 7) is 2.89. The van der Waals surface area contributed by atoms with Gasteiger partial charge in [-0.1, -0.05) is 28.1 Å². The van der Waals surface area contributed by atoms with Gasteiger partial charge in [0.2, 0.25) is 0 Å². The largest absolute Gasteiger partial charge is 0.305 e. The molecule has 1 aromatic carbocycles. The Hall–Kier alpha value is -1.26. The number of nitrogens with one attached hydrogen (secondary N) is 1. The molecule has 0 radical (unpaired) electrons. The van der Waals surface area contributed by atoms with Crippen LogP contribution in [0.2, 0.25) is 0 Å². The van der Waals surface area contributed by atoms with Crippen LogP contribution in [0.1, 0.15) is 24.2 Å². The number of hydrogen-bond donors (Lipinski definition) is 1. The summed E-state index contributed by atoms with van der Waals surface area (Å²) in [5.74, 6) is 0. The minimum atomic E-state index is 0.294. The maximum Gasteiger partial charge on any atom is 0.115 e. The molecule has 1 N–H and O–H groups in total. The standard InChI is InChI=1S/C13H14BrN3/c1-10(11-3-2-4-12(14)7-11)16-8-13-5-6-15-9-17-13/h2-7,9-10,16H,8H2,1H3/t10-/m0/s1. The van der Waals surface area contributed by atoms with Crippen LogP contribution in [0.25, 0.3) is 0 Å². The van der Waals surface area contributed by atoms with E-state index < -0.39 is 0 Å². The Morgan fingerprint density at radius 3 is 2.94 bits per heavy atom. The third kappa shape index (κ3) is 3.61. The third-order valence-electron chi connectivity index (χ3n) is 2.58. The molecule has 0 aliphatic rings. The molecule has 4 heteroatoms. The summed E-state index contributed by atoms with van der Waals surface area (Å²) in [5.41, 5.74) is 2.26.